The van der Waals surface area contributed by atoms with Gasteiger partial charge in [0.1, 0.15) is 0 Å². The summed E-state index contributed by atoms with van der Waals surface area (Å²) < 4.78 is 0. The van der Waals surface area contributed by atoms with Crippen LogP contribution in [0.4, 0.5) is 0 Å². The molecule has 2 aromatic rings. The number of thiazole rings is 1. The molecule has 1 atom stereocenters. The fourth-order valence-corrected chi connectivity index (χ4v) is 2.43. The molecule has 4 nitrogen and oxygen atoms in total. The first-order chi connectivity index (χ1) is 10.2. The third-order valence-electron chi connectivity index (χ3n) is 2.73. The molecular weight excluding hydrogens is 284 g/mol. The number of nitrogens with one attached hydrogen (secondary N) is 1. The lowest BCUT2D eigenvalue weighted by Gasteiger charge is -2.16. The lowest BCUT2D eigenvalue weighted by Crippen LogP contribution is -2.32. The van der Waals surface area contributed by atoms with Gasteiger partial charge in [-0.15, -0.1) is 11.3 Å². The monoisotopic (exact) mass is 306 g/mol. The predicted molar refractivity (Wildman–Crippen MR) is 86.3 cm³/mol. The highest BCUT2D eigenvalue weighted by Gasteiger charge is 2.14. The van der Waals surface area contributed by atoms with Crippen molar-refractivity contribution in [3.05, 3.63) is 52.0 Å². The van der Waals surface area contributed by atoms with Crippen molar-refractivity contribution in [2.24, 2.45) is 0 Å². The fraction of sp³-hybridized carbons (Fsp3) is 0.375. The van der Waals surface area contributed by atoms with Crippen LogP contribution in [0, 0.1) is 6.92 Å². The predicted octanol–water partition coefficient (Wildman–Crippen LogP) is 2.87. The fourth-order valence-electron chi connectivity index (χ4n) is 1.82. The van der Waals surface area contributed by atoms with Gasteiger partial charge < -0.3 is 10.4 Å². The van der Waals surface area contributed by atoms with Crippen LogP contribution in [0.2, 0.25) is 0 Å². The molecule has 1 aromatic carbocycles. The standard InChI is InChI=1S/C14H16N2O2S.C2H6/c1-10-15-12(9-19-10)7-14(18)16-13(8-17)11-5-3-2-4-6-11;1-2/h2-6,9,13,17H,7-8H2,1H3,(H,16,18);1-2H3/t13-;/m1./s1. The smallest absolute Gasteiger partial charge is 0.226 e. The number of hydrogen-bond donors (Lipinski definition) is 2. The van der Waals surface area contributed by atoms with Gasteiger partial charge in [-0.3, -0.25) is 4.79 Å². The van der Waals surface area contributed by atoms with E-state index in [2.05, 4.69) is 10.3 Å². The molecule has 0 saturated carbocycles. The van der Waals surface area contributed by atoms with E-state index in [1.165, 1.54) is 11.3 Å². The number of aromatic nitrogens is 1. The maximum atomic E-state index is 11.9. The number of amides is 1. The van der Waals surface area contributed by atoms with Crippen LogP contribution in [0.25, 0.3) is 0 Å². The molecule has 2 N–H and O–H groups in total. The minimum atomic E-state index is -0.367. The molecule has 0 bridgehead atoms. The number of aliphatic hydroxyl groups excluding tert-OH is 1. The molecule has 0 fully saturated rings. The van der Waals surface area contributed by atoms with E-state index >= 15 is 0 Å². The summed E-state index contributed by atoms with van der Waals surface area (Å²) >= 11 is 1.53. The van der Waals surface area contributed by atoms with Crippen LogP contribution in [0.15, 0.2) is 35.7 Å². The maximum absolute atomic E-state index is 11.9. The number of nitrogens with zero attached hydrogens (tertiary/aromatic N) is 1. The van der Waals surface area contributed by atoms with E-state index in [1.54, 1.807) is 0 Å². The minimum absolute atomic E-state index is 0.119. The molecule has 0 radical (unpaired) electrons. The van der Waals surface area contributed by atoms with E-state index in [4.69, 9.17) is 0 Å². The zero-order valence-corrected chi connectivity index (χ0v) is 13.5. The van der Waals surface area contributed by atoms with Crippen molar-refractivity contribution in [1.29, 1.82) is 0 Å². The number of aliphatic hydroxyl groups is 1. The van der Waals surface area contributed by atoms with Gasteiger partial charge in [-0.05, 0) is 12.5 Å². The molecule has 1 amide bonds. The molecule has 0 unspecified atom stereocenters. The Balaban J connectivity index is 0.00000106. The summed E-state index contributed by atoms with van der Waals surface area (Å²) in [7, 11) is 0. The highest BCUT2D eigenvalue weighted by atomic mass is 32.1. The second-order valence-corrected chi connectivity index (χ2v) is 5.31. The van der Waals surface area contributed by atoms with Crippen molar-refractivity contribution in [3.8, 4) is 0 Å². The average molecular weight is 306 g/mol. The van der Waals surface area contributed by atoms with Gasteiger partial charge in [0.2, 0.25) is 5.91 Å². The van der Waals surface area contributed by atoms with Crippen LogP contribution in [-0.2, 0) is 11.2 Å². The molecular formula is C16H22N2O2S. The number of rotatable bonds is 5. The Morgan fingerprint density at radius 2 is 2.00 bits per heavy atom. The van der Waals surface area contributed by atoms with Gasteiger partial charge >= 0.3 is 0 Å². The van der Waals surface area contributed by atoms with Gasteiger partial charge in [0.15, 0.2) is 0 Å². The normalized spacial score (nSPS) is 11.2. The van der Waals surface area contributed by atoms with Crippen molar-refractivity contribution < 1.29 is 9.90 Å². The lowest BCUT2D eigenvalue weighted by molar-refractivity contribution is -0.121. The van der Waals surface area contributed by atoms with Crippen molar-refractivity contribution in [2.75, 3.05) is 6.61 Å². The molecule has 0 aliphatic carbocycles. The van der Waals surface area contributed by atoms with Crippen LogP contribution < -0.4 is 5.32 Å². The first-order valence-corrected chi connectivity index (χ1v) is 7.93. The molecule has 0 spiro atoms. The molecule has 114 valence electrons. The van der Waals surface area contributed by atoms with Gasteiger partial charge in [0.25, 0.3) is 0 Å². The molecule has 2 rings (SSSR count). The van der Waals surface area contributed by atoms with E-state index in [0.29, 0.717) is 0 Å². The van der Waals surface area contributed by atoms with E-state index in [1.807, 2.05) is 56.5 Å². The molecule has 0 saturated heterocycles. The molecule has 1 heterocycles. The van der Waals surface area contributed by atoms with Crippen LogP contribution in [0.5, 0.6) is 0 Å². The van der Waals surface area contributed by atoms with E-state index in [0.717, 1.165) is 16.3 Å². The molecule has 0 aliphatic heterocycles. The SMILES string of the molecule is CC.Cc1nc(CC(=O)N[C@H](CO)c2ccccc2)cs1. The van der Waals surface area contributed by atoms with Crippen molar-refractivity contribution in [3.63, 3.8) is 0 Å². The second kappa shape index (κ2) is 9.26. The first-order valence-electron chi connectivity index (χ1n) is 7.05. The summed E-state index contributed by atoms with van der Waals surface area (Å²) in [6.07, 6.45) is 0.244. The average Bonchev–Trinajstić information content (AvgIpc) is 2.92. The summed E-state index contributed by atoms with van der Waals surface area (Å²) in [5, 5.41) is 15.0. The Morgan fingerprint density at radius 3 is 2.52 bits per heavy atom. The van der Waals surface area contributed by atoms with E-state index < -0.39 is 0 Å². The largest absolute Gasteiger partial charge is 0.394 e. The van der Waals surface area contributed by atoms with Gasteiger partial charge in [-0.25, -0.2) is 4.98 Å². The zero-order valence-electron chi connectivity index (χ0n) is 12.7. The van der Waals surface area contributed by atoms with Crippen LogP contribution in [0.1, 0.15) is 36.2 Å². The topological polar surface area (TPSA) is 62.2 Å². The Morgan fingerprint density at radius 1 is 1.33 bits per heavy atom. The first kappa shape index (κ1) is 17.3. The molecule has 0 aliphatic rings. The number of benzene rings is 1. The maximum Gasteiger partial charge on any atom is 0.226 e. The number of carbonyl (C=O) groups is 1. The molecule has 5 heteroatoms. The van der Waals surface area contributed by atoms with E-state index in [-0.39, 0.29) is 25.0 Å². The summed E-state index contributed by atoms with van der Waals surface area (Å²) in [5.41, 5.74) is 1.66. The Labute approximate surface area is 129 Å². The number of aryl methyl sites for hydroxylation is 1. The van der Waals surface area contributed by atoms with Crippen LogP contribution in [-0.4, -0.2) is 22.6 Å². The zero-order chi connectivity index (χ0) is 15.7. The highest BCUT2D eigenvalue weighted by molar-refractivity contribution is 7.09. The number of carbonyl (C=O) groups excluding carboxylic acids is 1. The summed E-state index contributed by atoms with van der Waals surface area (Å²) in [5.74, 6) is -0.131. The Hall–Kier alpha value is -1.72. The van der Waals surface area contributed by atoms with Crippen LogP contribution in [0.3, 0.4) is 0 Å². The Bertz CT molecular complexity index is 540. The second-order valence-electron chi connectivity index (χ2n) is 4.25. The van der Waals surface area contributed by atoms with Crippen molar-refractivity contribution >= 4 is 17.2 Å². The molecule has 21 heavy (non-hydrogen) atoms. The highest BCUT2D eigenvalue weighted by Crippen LogP contribution is 2.13. The lowest BCUT2D eigenvalue weighted by atomic mass is 10.1. The minimum Gasteiger partial charge on any atom is -0.394 e. The Kier molecular flexibility index (Phi) is 7.64. The van der Waals surface area contributed by atoms with Gasteiger partial charge in [0, 0.05) is 5.38 Å². The van der Waals surface area contributed by atoms with Gasteiger partial charge in [-0.1, -0.05) is 44.2 Å². The third-order valence-corrected chi connectivity index (χ3v) is 3.55. The summed E-state index contributed by atoms with van der Waals surface area (Å²) in [4.78, 5) is 16.2. The van der Waals surface area contributed by atoms with Crippen LogP contribution >= 0.6 is 11.3 Å². The quantitative estimate of drug-likeness (QED) is 0.893. The van der Waals surface area contributed by atoms with E-state index in [9.17, 15) is 9.90 Å². The summed E-state index contributed by atoms with van der Waals surface area (Å²) in [6, 6.07) is 9.07. The number of hydrogen-bond acceptors (Lipinski definition) is 4. The van der Waals surface area contributed by atoms with Gasteiger partial charge in [-0.2, -0.15) is 0 Å². The van der Waals surface area contributed by atoms with Gasteiger partial charge in [0.05, 0.1) is 29.8 Å². The van der Waals surface area contributed by atoms with Crippen molar-refractivity contribution in [1.82, 2.24) is 10.3 Å². The molecule has 1 aromatic heterocycles. The van der Waals surface area contributed by atoms with Crippen molar-refractivity contribution in [2.45, 2.75) is 33.2 Å². The third kappa shape index (κ3) is 5.65. The summed E-state index contributed by atoms with van der Waals surface area (Å²) in [6.45, 7) is 5.79.